The van der Waals surface area contributed by atoms with Crippen molar-refractivity contribution in [2.75, 3.05) is 18.4 Å². The molecule has 4 rings (SSSR count). The minimum absolute atomic E-state index is 0.0997. The van der Waals surface area contributed by atoms with Crippen molar-refractivity contribution in [1.29, 1.82) is 0 Å². The molecule has 1 aromatic heterocycles. The Morgan fingerprint density at radius 1 is 0.917 bits per heavy atom. The third-order valence-corrected chi connectivity index (χ3v) is 8.15. The summed E-state index contributed by atoms with van der Waals surface area (Å²) in [5, 5.41) is 5.63. The Morgan fingerprint density at radius 3 is 2.39 bits per heavy atom. The normalized spacial score (nSPS) is 14.6. The predicted octanol–water partition coefficient (Wildman–Crippen LogP) is 4.14. The number of para-hydroxylation sites is 1. The number of hydrogen-bond donors (Lipinski definition) is 2. The summed E-state index contributed by atoms with van der Waals surface area (Å²) < 4.78 is 28.0. The molecule has 1 saturated heterocycles. The van der Waals surface area contributed by atoms with Crippen LogP contribution in [0.4, 0.5) is 5.69 Å². The Morgan fingerprint density at radius 2 is 1.67 bits per heavy atom. The fraction of sp³-hybridized carbons (Fsp3) is 0.296. The van der Waals surface area contributed by atoms with Gasteiger partial charge in [0.25, 0.3) is 11.8 Å². The van der Waals surface area contributed by atoms with E-state index in [1.54, 1.807) is 61.8 Å². The summed E-state index contributed by atoms with van der Waals surface area (Å²) in [6, 6.07) is 15.0. The number of aromatic nitrogens is 1. The molecule has 1 aliphatic rings. The molecule has 0 radical (unpaired) electrons. The largest absolute Gasteiger partial charge is 0.348 e. The summed E-state index contributed by atoms with van der Waals surface area (Å²) in [4.78, 5) is 30.2. The average molecular weight is 507 g/mol. The van der Waals surface area contributed by atoms with E-state index in [4.69, 9.17) is 0 Å². The number of carbonyl (C=O) groups is 2. The Hall–Kier alpha value is -3.56. The lowest BCUT2D eigenvalue weighted by Gasteiger charge is -2.20. The molecule has 3 aromatic rings. The Kier molecular flexibility index (Phi) is 8.12. The summed E-state index contributed by atoms with van der Waals surface area (Å²) in [5.41, 5.74) is 2.38. The van der Waals surface area contributed by atoms with Crippen LogP contribution in [0.5, 0.6) is 0 Å². The number of benzene rings is 2. The first-order valence-electron chi connectivity index (χ1n) is 12.0. The zero-order chi connectivity index (χ0) is 25.5. The molecule has 36 heavy (non-hydrogen) atoms. The molecule has 0 unspecified atom stereocenters. The van der Waals surface area contributed by atoms with Gasteiger partial charge in [0.15, 0.2) is 0 Å². The van der Waals surface area contributed by atoms with E-state index in [0.29, 0.717) is 36.4 Å². The van der Waals surface area contributed by atoms with Gasteiger partial charge in [-0.25, -0.2) is 8.42 Å². The number of amides is 2. The molecule has 0 atom stereocenters. The highest BCUT2D eigenvalue weighted by Crippen LogP contribution is 2.24. The van der Waals surface area contributed by atoms with Crippen LogP contribution >= 0.6 is 0 Å². The van der Waals surface area contributed by atoms with E-state index >= 15 is 0 Å². The maximum atomic E-state index is 13.3. The number of anilines is 1. The third-order valence-electron chi connectivity index (χ3n) is 6.25. The summed E-state index contributed by atoms with van der Waals surface area (Å²) in [5.74, 6) is -0.822. The average Bonchev–Trinajstić information content (AvgIpc) is 3.19. The van der Waals surface area contributed by atoms with E-state index in [0.717, 1.165) is 31.2 Å². The molecule has 1 aliphatic heterocycles. The molecular formula is C27H30N4O4S. The Balaban J connectivity index is 1.53. The van der Waals surface area contributed by atoms with Crippen LogP contribution < -0.4 is 10.6 Å². The van der Waals surface area contributed by atoms with Gasteiger partial charge in [0.1, 0.15) is 0 Å². The first kappa shape index (κ1) is 25.5. The highest BCUT2D eigenvalue weighted by Gasteiger charge is 2.26. The van der Waals surface area contributed by atoms with Crippen molar-refractivity contribution in [3.05, 3.63) is 89.2 Å². The van der Waals surface area contributed by atoms with Gasteiger partial charge in [0.2, 0.25) is 10.0 Å². The minimum Gasteiger partial charge on any atom is -0.348 e. The topological polar surface area (TPSA) is 108 Å². The minimum atomic E-state index is -3.70. The maximum Gasteiger partial charge on any atom is 0.255 e. The summed E-state index contributed by atoms with van der Waals surface area (Å²) in [6.45, 7) is 3.02. The molecule has 8 nitrogen and oxygen atoms in total. The second-order valence-electron chi connectivity index (χ2n) is 8.84. The fourth-order valence-electron chi connectivity index (χ4n) is 4.20. The highest BCUT2D eigenvalue weighted by atomic mass is 32.2. The standard InChI is InChI=1S/C27H30N4O4S/c1-20-12-13-22(36(34,35)31-15-6-2-3-7-16-31)17-24(20)27(33)30-25-11-5-4-10-23(25)26(32)29-19-21-9-8-14-28-18-21/h4-5,8-14,17-18H,2-3,6-7,15-16,19H2,1H3,(H,29,32)(H,30,33). The first-order chi connectivity index (χ1) is 17.4. The molecule has 0 bridgehead atoms. The highest BCUT2D eigenvalue weighted by molar-refractivity contribution is 7.89. The van der Waals surface area contributed by atoms with E-state index in [1.165, 1.54) is 10.4 Å². The lowest BCUT2D eigenvalue weighted by atomic mass is 10.1. The van der Waals surface area contributed by atoms with Gasteiger partial charge in [-0.3, -0.25) is 14.6 Å². The number of aryl methyl sites for hydroxylation is 1. The lowest BCUT2D eigenvalue weighted by Crippen LogP contribution is -2.32. The third kappa shape index (κ3) is 5.98. The predicted molar refractivity (Wildman–Crippen MR) is 138 cm³/mol. The number of hydrogen-bond acceptors (Lipinski definition) is 5. The van der Waals surface area contributed by atoms with Gasteiger partial charge in [0.05, 0.1) is 16.1 Å². The zero-order valence-corrected chi connectivity index (χ0v) is 21.1. The molecule has 0 saturated carbocycles. The molecule has 1 fully saturated rings. The van der Waals surface area contributed by atoms with Crippen molar-refractivity contribution in [3.8, 4) is 0 Å². The first-order valence-corrected chi connectivity index (χ1v) is 13.5. The van der Waals surface area contributed by atoms with E-state index in [1.807, 2.05) is 6.07 Å². The van der Waals surface area contributed by atoms with E-state index in [2.05, 4.69) is 15.6 Å². The molecule has 188 valence electrons. The van der Waals surface area contributed by atoms with Gasteiger partial charge in [-0.1, -0.05) is 37.1 Å². The second-order valence-corrected chi connectivity index (χ2v) is 10.8. The van der Waals surface area contributed by atoms with Crippen LogP contribution in [0.1, 0.15) is 57.5 Å². The smallest absolute Gasteiger partial charge is 0.255 e. The summed E-state index contributed by atoms with van der Waals surface area (Å²) in [6.07, 6.45) is 7.03. The number of sulfonamides is 1. The molecule has 0 spiro atoms. The van der Waals surface area contributed by atoms with Crippen LogP contribution in [0.15, 0.2) is 71.9 Å². The number of nitrogens with one attached hydrogen (secondary N) is 2. The monoisotopic (exact) mass is 506 g/mol. The lowest BCUT2D eigenvalue weighted by molar-refractivity contribution is 0.0951. The molecule has 2 amide bonds. The van der Waals surface area contributed by atoms with Crippen LogP contribution in [-0.4, -0.2) is 42.6 Å². The van der Waals surface area contributed by atoms with Crippen molar-refractivity contribution in [3.63, 3.8) is 0 Å². The van der Waals surface area contributed by atoms with Crippen molar-refractivity contribution in [1.82, 2.24) is 14.6 Å². The van der Waals surface area contributed by atoms with Crippen LogP contribution in [0.25, 0.3) is 0 Å². The van der Waals surface area contributed by atoms with Crippen molar-refractivity contribution < 1.29 is 18.0 Å². The molecule has 2 N–H and O–H groups in total. The zero-order valence-electron chi connectivity index (χ0n) is 20.2. The van der Waals surface area contributed by atoms with E-state index in [9.17, 15) is 18.0 Å². The number of pyridine rings is 1. The van der Waals surface area contributed by atoms with Crippen LogP contribution in [0.3, 0.4) is 0 Å². The van der Waals surface area contributed by atoms with E-state index in [-0.39, 0.29) is 16.4 Å². The summed E-state index contributed by atoms with van der Waals surface area (Å²) >= 11 is 0. The number of nitrogens with zero attached hydrogens (tertiary/aromatic N) is 2. The summed E-state index contributed by atoms with van der Waals surface area (Å²) in [7, 11) is -3.70. The van der Waals surface area contributed by atoms with Crippen molar-refractivity contribution in [2.24, 2.45) is 0 Å². The van der Waals surface area contributed by atoms with Gasteiger partial charge < -0.3 is 10.6 Å². The van der Waals surface area contributed by atoms with Crippen LogP contribution in [0.2, 0.25) is 0 Å². The van der Waals surface area contributed by atoms with Gasteiger partial charge in [-0.15, -0.1) is 0 Å². The SMILES string of the molecule is Cc1ccc(S(=O)(=O)N2CCCCCC2)cc1C(=O)Nc1ccccc1C(=O)NCc1cccnc1. The van der Waals surface area contributed by atoms with Crippen molar-refractivity contribution >= 4 is 27.5 Å². The van der Waals surface area contributed by atoms with Crippen LogP contribution in [0, 0.1) is 6.92 Å². The number of carbonyl (C=O) groups excluding carboxylic acids is 2. The Labute approximate surface area is 211 Å². The Bertz CT molecular complexity index is 1330. The molecule has 2 aromatic carbocycles. The fourth-order valence-corrected chi connectivity index (χ4v) is 5.74. The van der Waals surface area contributed by atoms with E-state index < -0.39 is 15.9 Å². The van der Waals surface area contributed by atoms with Gasteiger partial charge in [-0.2, -0.15) is 4.31 Å². The van der Waals surface area contributed by atoms with Gasteiger partial charge >= 0.3 is 0 Å². The van der Waals surface area contributed by atoms with Crippen molar-refractivity contribution in [2.45, 2.75) is 44.0 Å². The molecular weight excluding hydrogens is 476 g/mol. The maximum absolute atomic E-state index is 13.3. The van der Waals surface area contributed by atoms with Gasteiger partial charge in [-0.05, 0) is 61.2 Å². The second kappa shape index (κ2) is 11.5. The van der Waals surface area contributed by atoms with Gasteiger partial charge in [0, 0.05) is 37.6 Å². The van der Waals surface area contributed by atoms with Crippen LogP contribution in [-0.2, 0) is 16.6 Å². The number of rotatable bonds is 7. The molecule has 9 heteroatoms. The quantitative estimate of drug-likeness (QED) is 0.501. The molecule has 0 aliphatic carbocycles. The molecule has 2 heterocycles.